The predicted octanol–water partition coefficient (Wildman–Crippen LogP) is 26.1. The van der Waals surface area contributed by atoms with Gasteiger partial charge in [0.15, 0.2) is 69.1 Å². The number of fused-ring (bicyclic) bond motifs is 7. The normalized spacial score (nSPS) is 19.0. The highest BCUT2D eigenvalue weighted by Crippen LogP contribution is 2.51. The second kappa shape index (κ2) is 41.2. The number of rotatable bonds is 10. The average Bonchev–Trinajstić information content (AvgIpc) is 0.779. The van der Waals surface area contributed by atoms with E-state index in [0.717, 1.165) is 54.4 Å². The van der Waals surface area contributed by atoms with Crippen LogP contribution < -0.4 is 71.1 Å². The van der Waals surface area contributed by atoms with Crippen LogP contribution in [0.5, 0.6) is 86.2 Å². The lowest BCUT2D eigenvalue weighted by Gasteiger charge is -2.28. The minimum Gasteiger partial charge on any atom is -0.490 e. The number of hydrogen-bond donors (Lipinski definition) is 0. The Balaban J connectivity index is 0.000000182. The fourth-order valence-electron chi connectivity index (χ4n) is 13.9. The third-order valence-corrected chi connectivity index (χ3v) is 19.6. The Bertz CT molecular complexity index is 4910. The van der Waals surface area contributed by atoms with Crippen LogP contribution in [0.25, 0.3) is 0 Å². The van der Waals surface area contributed by atoms with Crippen molar-refractivity contribution in [2.45, 2.75) is 281 Å². The molecule has 7 aromatic carbocycles. The first-order valence-corrected chi connectivity index (χ1v) is 39.0. The lowest BCUT2D eigenvalue weighted by Crippen LogP contribution is -2.25. The summed E-state index contributed by atoms with van der Waals surface area (Å²) in [6.07, 6.45) is -21.1. The molecule has 700 valence electrons. The maximum absolute atomic E-state index is 14.0. The number of alkyl halides is 22. The first-order valence-electron chi connectivity index (χ1n) is 39.0. The van der Waals surface area contributed by atoms with E-state index in [4.69, 9.17) is 33.2 Å². The summed E-state index contributed by atoms with van der Waals surface area (Å²) < 4.78 is 395. The SMILES string of the molecule is Cc1cc2c(c(F)c1OC(F)(F)F)OC(C)CC2.Cc1cc2c(c(F)c1OC(F)F)OC(C)CC2.Cc1cc2c(c(OC(F)(F)F)c1)OC(C)CC2.Cc1cc2c(c(OC(F)(F)F)c1F)OC(C)CC2.Cc1cc2c(c(OC(F)(F)F)c1OC(F)(F)F)OC(C)CC2.Cc1cc2c(c(OC(F)F)c1F)OC(C)CC2.Cc1cc2c(cc1OC(F)(F)F)OC(C)CC2. The highest BCUT2D eigenvalue weighted by Gasteiger charge is 2.44. The molecule has 7 aliphatic rings. The molecule has 0 amide bonds. The van der Waals surface area contributed by atoms with Crippen molar-refractivity contribution in [1.82, 2.24) is 0 Å². The van der Waals surface area contributed by atoms with Crippen molar-refractivity contribution < 1.29 is 185 Å². The molecule has 0 aliphatic carbocycles. The number of hydrogen-bond acceptors (Lipinski definition) is 15. The van der Waals surface area contributed by atoms with Crippen molar-refractivity contribution in [1.29, 1.82) is 0 Å². The van der Waals surface area contributed by atoms with Gasteiger partial charge in [-0.25, -0.2) is 8.78 Å². The largest absolute Gasteiger partial charge is 0.573 e. The van der Waals surface area contributed by atoms with E-state index in [1.54, 1.807) is 59.7 Å². The smallest absolute Gasteiger partial charge is 0.490 e. The van der Waals surface area contributed by atoms with Gasteiger partial charge in [0.05, 0.1) is 42.7 Å². The molecule has 0 N–H and O–H groups in total. The van der Waals surface area contributed by atoms with Crippen molar-refractivity contribution in [3.63, 3.8) is 0 Å². The molecule has 0 fully saturated rings. The molecule has 7 aromatic rings. The Kier molecular flexibility index (Phi) is 33.1. The second-order valence-corrected chi connectivity index (χ2v) is 30.4. The van der Waals surface area contributed by atoms with E-state index in [0.29, 0.717) is 96.9 Å². The summed E-state index contributed by atoms with van der Waals surface area (Å²) in [4.78, 5) is 0. The Hall–Kier alpha value is -10.3. The van der Waals surface area contributed by atoms with Crippen LogP contribution in [0.1, 0.15) is 171 Å². The third kappa shape index (κ3) is 29.1. The molecular weight excluding hydrogens is 1750 g/mol. The van der Waals surface area contributed by atoms with Crippen molar-refractivity contribution in [3.8, 4) is 86.2 Å². The summed E-state index contributed by atoms with van der Waals surface area (Å²) >= 11 is 0. The van der Waals surface area contributed by atoms with Crippen LogP contribution >= 0.6 is 0 Å². The zero-order valence-electron chi connectivity index (χ0n) is 69.7. The van der Waals surface area contributed by atoms with E-state index < -0.39 is 115 Å². The molecule has 7 aliphatic heterocycles. The number of ether oxygens (including phenoxy) is 15. The van der Waals surface area contributed by atoms with Crippen LogP contribution in [-0.2, 0) is 44.9 Å². The van der Waals surface area contributed by atoms with Gasteiger partial charge in [-0.15, -0.1) is 79.0 Å². The van der Waals surface area contributed by atoms with Gasteiger partial charge in [0.2, 0.25) is 28.9 Å². The molecule has 14 rings (SSSR count). The molecule has 0 radical (unpaired) electrons. The summed E-state index contributed by atoms with van der Waals surface area (Å²) in [6.45, 7) is 16.7. The van der Waals surface area contributed by atoms with Crippen LogP contribution in [-0.4, -0.2) is 94.1 Å². The predicted molar refractivity (Wildman–Crippen MR) is 400 cm³/mol. The first-order chi connectivity index (χ1) is 58.2. The van der Waals surface area contributed by atoms with Crippen molar-refractivity contribution in [3.05, 3.63) is 156 Å². The maximum atomic E-state index is 14.0. The average molecular weight is 1840 g/mol. The molecule has 0 bridgehead atoms. The molecule has 7 heterocycles. The maximum Gasteiger partial charge on any atom is 0.573 e. The molecule has 41 heteroatoms. The van der Waals surface area contributed by atoms with Gasteiger partial charge in [-0.1, -0.05) is 6.07 Å². The Morgan fingerprint density at radius 2 is 0.524 bits per heavy atom. The van der Waals surface area contributed by atoms with Crippen LogP contribution in [0.2, 0.25) is 0 Å². The Labute approximate surface area is 705 Å². The van der Waals surface area contributed by atoms with Crippen molar-refractivity contribution in [2.75, 3.05) is 0 Å². The molecule has 7 atom stereocenters. The Morgan fingerprint density at radius 1 is 0.254 bits per heavy atom. The number of aryl methyl sites for hydroxylation is 14. The van der Waals surface area contributed by atoms with E-state index in [1.165, 1.54) is 58.0 Å². The molecule has 15 nitrogen and oxygen atoms in total. The molecule has 0 aromatic heterocycles. The molecule has 7 unspecified atom stereocenters. The highest BCUT2D eigenvalue weighted by molar-refractivity contribution is 5.61. The minimum atomic E-state index is -5.17. The molecule has 126 heavy (non-hydrogen) atoms. The summed E-state index contributed by atoms with van der Waals surface area (Å²) in [7, 11) is 0. The zero-order valence-corrected chi connectivity index (χ0v) is 69.7. The van der Waals surface area contributed by atoms with Gasteiger partial charge in [0, 0.05) is 6.07 Å². The van der Waals surface area contributed by atoms with E-state index in [1.807, 2.05) is 33.8 Å². The molecule has 0 spiro atoms. The van der Waals surface area contributed by atoms with Crippen LogP contribution in [0, 0.1) is 71.7 Å². The van der Waals surface area contributed by atoms with Crippen LogP contribution in [0.3, 0.4) is 0 Å². The van der Waals surface area contributed by atoms with Crippen LogP contribution in [0.15, 0.2) is 54.6 Å². The molecular formula is C85H88F26O15. The van der Waals surface area contributed by atoms with E-state index in [2.05, 4.69) is 37.9 Å². The van der Waals surface area contributed by atoms with Gasteiger partial charge in [-0.2, -0.15) is 26.3 Å². The number of halogens is 26. The summed E-state index contributed by atoms with van der Waals surface area (Å²) in [5, 5.41) is 0. The van der Waals surface area contributed by atoms with E-state index >= 15 is 0 Å². The van der Waals surface area contributed by atoms with E-state index in [-0.39, 0.29) is 105 Å². The van der Waals surface area contributed by atoms with Gasteiger partial charge in [0.25, 0.3) is 0 Å². The lowest BCUT2D eigenvalue weighted by atomic mass is 9.99. The number of benzene rings is 7. The monoisotopic (exact) mass is 1840 g/mol. The quantitative estimate of drug-likeness (QED) is 0.120. The van der Waals surface area contributed by atoms with E-state index in [9.17, 15) is 114 Å². The lowest BCUT2D eigenvalue weighted by molar-refractivity contribution is -0.287. The van der Waals surface area contributed by atoms with Gasteiger partial charge >= 0.3 is 51.4 Å². The fraction of sp³-hybridized carbons (Fsp3) is 0.506. The standard InChI is InChI=1S/C13H12F6O3.2C12H12F4O2.4C12H13F3O2/c1-6-5-8-4-3-7(2)20-10(8)11(22-13(17,18)19)9(6)21-12(14,15)16;1-6-5-8-4-3-7(2)17-11(8)9(13)10(6)18-12(14,15)16;1-6-5-8-4-3-7(2)17-10(8)11(9(6)13)18-12(14,15)16;1-7-5-9-4-3-8(2)16-11(9)6-10(7)17-12(13,14)15;1-7-5-9-4-3-8(2)16-11(9)10(6-7)17-12(13,14)15;1-6-5-8-4-3-7(2)16-11(8)9(13)10(6)17-12(14)15;1-6-5-8-4-3-7(2)16-10(8)11(9(6)13)17-12(14)15/h5,7H,3-4H2,1-2H3;2*5,7H,3-4H2,1-2H3;2*5-6,8H,3-4H2,1-2H3;2*5,7,12H,3-4H2,1-2H3. The summed E-state index contributed by atoms with van der Waals surface area (Å²) in [5.41, 5.74) is 6.60. The third-order valence-electron chi connectivity index (χ3n) is 19.6. The summed E-state index contributed by atoms with van der Waals surface area (Å²) in [5.74, 6) is -8.56. The van der Waals surface area contributed by atoms with Crippen molar-refractivity contribution in [2.24, 2.45) is 0 Å². The van der Waals surface area contributed by atoms with Gasteiger partial charge in [0.1, 0.15) is 11.5 Å². The van der Waals surface area contributed by atoms with Crippen LogP contribution in [0.4, 0.5) is 114 Å². The fourth-order valence-corrected chi connectivity index (χ4v) is 13.9. The highest BCUT2D eigenvalue weighted by atomic mass is 19.4. The molecule has 0 saturated heterocycles. The van der Waals surface area contributed by atoms with Gasteiger partial charge < -0.3 is 71.1 Å². The molecule has 0 saturated carbocycles. The summed E-state index contributed by atoms with van der Waals surface area (Å²) in [6, 6.07) is 13.8. The first kappa shape index (κ1) is 101. The zero-order chi connectivity index (χ0) is 94.1. The van der Waals surface area contributed by atoms with Gasteiger partial charge in [-0.05, 0) is 307 Å². The minimum absolute atomic E-state index is 0.0314. The second-order valence-electron chi connectivity index (χ2n) is 30.4. The topological polar surface area (TPSA) is 138 Å². The Morgan fingerprint density at radius 3 is 0.929 bits per heavy atom. The van der Waals surface area contributed by atoms with Gasteiger partial charge in [-0.3, -0.25) is 0 Å². The van der Waals surface area contributed by atoms with Crippen molar-refractivity contribution >= 4 is 0 Å².